The summed E-state index contributed by atoms with van der Waals surface area (Å²) < 4.78 is 28.3. The highest BCUT2D eigenvalue weighted by molar-refractivity contribution is 5.97. The third-order valence-corrected chi connectivity index (χ3v) is 6.84. The number of carbonyl (C=O) groups is 2. The Morgan fingerprint density at radius 1 is 1.08 bits per heavy atom. The summed E-state index contributed by atoms with van der Waals surface area (Å²) in [6.07, 6.45) is 2.49. The van der Waals surface area contributed by atoms with E-state index in [0.717, 1.165) is 40.2 Å². The molecule has 8 heteroatoms. The number of hydrogen-bond donors (Lipinski definition) is 1. The Balaban J connectivity index is 1.66. The smallest absolute Gasteiger partial charge is 0.507 e. The second kappa shape index (κ2) is 11.8. The van der Waals surface area contributed by atoms with Crippen molar-refractivity contribution in [2.45, 2.75) is 79.4 Å². The number of phenolic OH excluding ortho intramolecular Hbond substituents is 1. The van der Waals surface area contributed by atoms with E-state index in [1.54, 1.807) is 19.1 Å². The Morgan fingerprint density at radius 3 is 2.43 bits per heavy atom. The first kappa shape index (κ1) is 28.2. The molecule has 2 aromatic rings. The minimum absolute atomic E-state index is 0.00851. The molecule has 1 N–H and O–H groups in total. The van der Waals surface area contributed by atoms with Crippen molar-refractivity contribution < 1.29 is 38.4 Å². The Labute approximate surface area is 218 Å². The molecular weight excluding hydrogens is 476 g/mol. The molecule has 0 amide bonds. The second-order valence-electron chi connectivity index (χ2n) is 9.60. The number of phenols is 1. The molecule has 8 nitrogen and oxygen atoms in total. The van der Waals surface area contributed by atoms with Crippen LogP contribution in [0.2, 0.25) is 0 Å². The van der Waals surface area contributed by atoms with E-state index in [4.69, 9.17) is 18.9 Å². The van der Waals surface area contributed by atoms with Crippen molar-refractivity contribution in [1.82, 2.24) is 0 Å². The lowest BCUT2D eigenvalue weighted by molar-refractivity contribution is -0.152. The minimum Gasteiger partial charge on any atom is -0.507 e. The first-order chi connectivity index (χ1) is 17.5. The van der Waals surface area contributed by atoms with E-state index < -0.39 is 11.9 Å². The van der Waals surface area contributed by atoms with Gasteiger partial charge in [0.2, 0.25) is 0 Å². The Bertz CT molecular complexity index is 1170. The van der Waals surface area contributed by atoms with Crippen LogP contribution in [0.4, 0.5) is 4.79 Å². The summed E-state index contributed by atoms with van der Waals surface area (Å²) in [6, 6.07) is 3.36. The number of benzene rings is 2. The van der Waals surface area contributed by atoms with E-state index in [1.165, 1.54) is 14.0 Å². The Hall–Kier alpha value is -3.42. The molecule has 2 aromatic carbocycles. The Kier molecular flexibility index (Phi) is 8.94. The number of ether oxygens (including phenoxy) is 5. The van der Waals surface area contributed by atoms with E-state index in [9.17, 15) is 14.7 Å². The van der Waals surface area contributed by atoms with Gasteiger partial charge in [0.1, 0.15) is 23.0 Å². The largest absolute Gasteiger partial charge is 0.511 e. The van der Waals surface area contributed by atoms with Crippen molar-refractivity contribution in [3.8, 4) is 23.0 Å². The SMILES string of the molecule is CCCc1c(OCCCOc2c(C)c(C)c3c(c2C)CCC(C)(OC(=O)OC)O3)ccc(C(C)=O)c1O. The van der Waals surface area contributed by atoms with Gasteiger partial charge in [-0.15, -0.1) is 0 Å². The normalized spacial score (nSPS) is 16.4. The molecular formula is C29H38O8. The van der Waals surface area contributed by atoms with Gasteiger partial charge in [-0.25, -0.2) is 4.79 Å². The number of carbonyl (C=O) groups excluding carboxylic acids is 2. The fourth-order valence-corrected chi connectivity index (χ4v) is 4.66. The predicted molar refractivity (Wildman–Crippen MR) is 139 cm³/mol. The van der Waals surface area contributed by atoms with Crippen molar-refractivity contribution in [3.63, 3.8) is 0 Å². The maximum absolute atomic E-state index is 11.8. The molecule has 202 valence electrons. The monoisotopic (exact) mass is 514 g/mol. The summed E-state index contributed by atoms with van der Waals surface area (Å²) in [5, 5.41) is 10.5. The lowest BCUT2D eigenvalue weighted by Crippen LogP contribution is -2.41. The summed E-state index contributed by atoms with van der Waals surface area (Å²) >= 11 is 0. The number of hydrogen-bond acceptors (Lipinski definition) is 8. The molecule has 0 saturated heterocycles. The summed E-state index contributed by atoms with van der Waals surface area (Å²) in [5.41, 5.74) is 4.94. The highest BCUT2D eigenvalue weighted by Gasteiger charge is 2.38. The molecule has 3 rings (SSSR count). The van der Waals surface area contributed by atoms with Crippen molar-refractivity contribution >= 4 is 11.9 Å². The number of rotatable bonds is 10. The number of Topliss-reactive ketones (excluding diaryl/α,β-unsaturated/α-hetero) is 1. The van der Waals surface area contributed by atoms with Crippen molar-refractivity contribution in [3.05, 3.63) is 45.5 Å². The third-order valence-electron chi connectivity index (χ3n) is 6.84. The first-order valence-corrected chi connectivity index (χ1v) is 12.7. The van der Waals surface area contributed by atoms with Gasteiger partial charge in [0.25, 0.3) is 5.79 Å². The molecule has 1 aliphatic rings. The van der Waals surface area contributed by atoms with Gasteiger partial charge in [-0.3, -0.25) is 4.79 Å². The van der Waals surface area contributed by atoms with Crippen LogP contribution in [0.3, 0.4) is 0 Å². The number of ketones is 1. The average molecular weight is 515 g/mol. The average Bonchev–Trinajstić information content (AvgIpc) is 2.85. The van der Waals surface area contributed by atoms with E-state index in [0.29, 0.717) is 55.8 Å². The van der Waals surface area contributed by atoms with Crippen LogP contribution < -0.4 is 14.2 Å². The van der Waals surface area contributed by atoms with Gasteiger partial charge in [-0.2, -0.15) is 0 Å². The molecule has 0 saturated carbocycles. The van der Waals surface area contributed by atoms with Gasteiger partial charge in [-0.1, -0.05) is 13.3 Å². The van der Waals surface area contributed by atoms with Crippen LogP contribution in [0.5, 0.6) is 23.0 Å². The third kappa shape index (κ3) is 6.12. The van der Waals surface area contributed by atoms with Crippen molar-refractivity contribution in [2.24, 2.45) is 0 Å². The van der Waals surface area contributed by atoms with Gasteiger partial charge in [0.05, 0.1) is 25.9 Å². The fraction of sp³-hybridized carbons (Fsp3) is 0.517. The van der Waals surface area contributed by atoms with E-state index in [-0.39, 0.29) is 11.5 Å². The molecule has 1 heterocycles. The van der Waals surface area contributed by atoms with Gasteiger partial charge in [0, 0.05) is 30.9 Å². The standard InChI is InChI=1S/C29H38O8/c1-8-10-23-24(12-11-22(20(5)30)25(23)31)34-15-9-16-35-26-17(2)18(3)27-21(19(26)4)13-14-29(6,36-27)37-28(32)33-7/h11-12,31H,8-10,13-16H2,1-7H3. The lowest BCUT2D eigenvalue weighted by Gasteiger charge is -2.36. The quantitative estimate of drug-likeness (QED) is 0.229. The Morgan fingerprint density at radius 2 is 1.78 bits per heavy atom. The lowest BCUT2D eigenvalue weighted by atomic mass is 9.91. The van der Waals surface area contributed by atoms with Crippen LogP contribution in [0, 0.1) is 20.8 Å². The molecule has 0 fully saturated rings. The molecule has 0 radical (unpaired) electrons. The second-order valence-corrected chi connectivity index (χ2v) is 9.60. The number of fused-ring (bicyclic) bond motifs is 1. The summed E-state index contributed by atoms with van der Waals surface area (Å²) in [5.74, 6) is 0.891. The topological polar surface area (TPSA) is 101 Å². The zero-order valence-electron chi connectivity index (χ0n) is 22.9. The van der Waals surface area contributed by atoms with Gasteiger partial charge < -0.3 is 28.8 Å². The van der Waals surface area contributed by atoms with Crippen LogP contribution in [0.25, 0.3) is 0 Å². The zero-order valence-corrected chi connectivity index (χ0v) is 22.9. The van der Waals surface area contributed by atoms with Gasteiger partial charge in [0.15, 0.2) is 5.78 Å². The van der Waals surface area contributed by atoms with Gasteiger partial charge >= 0.3 is 6.16 Å². The first-order valence-electron chi connectivity index (χ1n) is 12.7. The molecule has 37 heavy (non-hydrogen) atoms. The van der Waals surface area contributed by atoms with Crippen LogP contribution >= 0.6 is 0 Å². The molecule has 0 aromatic heterocycles. The minimum atomic E-state index is -1.09. The van der Waals surface area contributed by atoms with E-state index >= 15 is 0 Å². The fourth-order valence-electron chi connectivity index (χ4n) is 4.66. The highest BCUT2D eigenvalue weighted by Crippen LogP contribution is 2.44. The van der Waals surface area contributed by atoms with Crippen molar-refractivity contribution in [2.75, 3.05) is 20.3 Å². The van der Waals surface area contributed by atoms with Crippen molar-refractivity contribution in [1.29, 1.82) is 0 Å². The van der Waals surface area contributed by atoms with Crippen LogP contribution in [0.15, 0.2) is 12.1 Å². The van der Waals surface area contributed by atoms with E-state index in [2.05, 4.69) is 4.74 Å². The summed E-state index contributed by atoms with van der Waals surface area (Å²) in [7, 11) is 1.27. The van der Waals surface area contributed by atoms with Gasteiger partial charge in [-0.05, 0) is 69.4 Å². The zero-order chi connectivity index (χ0) is 27.3. The summed E-state index contributed by atoms with van der Waals surface area (Å²) in [6.45, 7) is 12.0. The maximum Gasteiger partial charge on any atom is 0.511 e. The molecule has 1 unspecified atom stereocenters. The van der Waals surface area contributed by atoms with Crippen LogP contribution in [-0.2, 0) is 22.3 Å². The molecule has 0 spiro atoms. The molecule has 1 atom stereocenters. The highest BCUT2D eigenvalue weighted by atomic mass is 16.8. The number of methoxy groups -OCH3 is 1. The maximum atomic E-state index is 11.8. The predicted octanol–water partition coefficient (Wildman–Crippen LogP) is 6.14. The summed E-state index contributed by atoms with van der Waals surface area (Å²) in [4.78, 5) is 23.4. The number of aromatic hydroxyl groups is 1. The van der Waals surface area contributed by atoms with Crippen LogP contribution in [-0.4, -0.2) is 43.2 Å². The van der Waals surface area contributed by atoms with E-state index in [1.807, 2.05) is 27.7 Å². The molecule has 0 bridgehead atoms. The molecule has 0 aliphatic carbocycles. The molecule has 1 aliphatic heterocycles. The van der Waals surface area contributed by atoms with Crippen LogP contribution in [0.1, 0.15) is 78.2 Å².